The van der Waals surface area contributed by atoms with E-state index in [1.54, 1.807) is 33.3 Å². The number of aromatic hydroxyl groups is 1. The lowest BCUT2D eigenvalue weighted by atomic mass is 9.95. The van der Waals surface area contributed by atoms with Crippen molar-refractivity contribution < 1.29 is 29.1 Å². The summed E-state index contributed by atoms with van der Waals surface area (Å²) in [7, 11) is 8.90. The third-order valence-electron chi connectivity index (χ3n) is 10.1. The van der Waals surface area contributed by atoms with Crippen LogP contribution in [0.2, 0.25) is 0 Å². The molecule has 0 radical (unpaired) electrons. The minimum atomic E-state index is -1.11. The van der Waals surface area contributed by atoms with E-state index in [1.807, 2.05) is 44.4 Å². The van der Waals surface area contributed by atoms with Gasteiger partial charge in [0.15, 0.2) is 0 Å². The van der Waals surface area contributed by atoms with Gasteiger partial charge in [0.1, 0.15) is 23.9 Å². The Labute approximate surface area is 337 Å². The summed E-state index contributed by atoms with van der Waals surface area (Å²) in [5.41, 5.74) is 2.96. The van der Waals surface area contributed by atoms with Crippen molar-refractivity contribution in [2.45, 2.75) is 88.0 Å². The molecule has 5 amide bonds. The number of carbonyl (C=O) groups excluding carboxylic acids is 5. The number of fused-ring (bicyclic) bond motifs is 5. The minimum Gasteiger partial charge on any atom is -0.508 e. The highest BCUT2D eigenvalue weighted by atomic mass is 16.3. The average molecular weight is 795 g/mol. The number of phenols is 1. The van der Waals surface area contributed by atoms with E-state index in [2.05, 4.69) is 53.2 Å². The summed E-state index contributed by atoms with van der Waals surface area (Å²) in [5, 5.41) is 40.7. The maximum absolute atomic E-state index is 14.4. The second-order valence-corrected chi connectivity index (χ2v) is 14.6. The Morgan fingerprint density at radius 1 is 0.754 bits per heavy atom. The van der Waals surface area contributed by atoms with Gasteiger partial charge in [0.25, 0.3) is 0 Å². The smallest absolute Gasteiger partial charge is 0.243 e. The first-order valence-corrected chi connectivity index (χ1v) is 20.2. The van der Waals surface area contributed by atoms with E-state index in [0.29, 0.717) is 70.4 Å². The van der Waals surface area contributed by atoms with E-state index in [9.17, 15) is 29.1 Å². The van der Waals surface area contributed by atoms with E-state index in [1.165, 1.54) is 0 Å². The molecule has 2 aromatic rings. The lowest BCUT2D eigenvalue weighted by molar-refractivity contribution is -0.134. The van der Waals surface area contributed by atoms with Crippen molar-refractivity contribution in [2.75, 3.05) is 68.0 Å². The van der Waals surface area contributed by atoms with Gasteiger partial charge in [0, 0.05) is 38.4 Å². The van der Waals surface area contributed by atoms with Gasteiger partial charge in [-0.15, -0.1) is 0 Å². The molecule has 11 N–H and O–H groups in total. The van der Waals surface area contributed by atoms with Crippen molar-refractivity contribution in [1.29, 1.82) is 0 Å². The Hall–Kier alpha value is -4.61. The second kappa shape index (κ2) is 25.6. The molecule has 0 unspecified atom stereocenters. The average Bonchev–Trinajstić information content (AvgIpc) is 3.19. The van der Waals surface area contributed by atoms with Crippen LogP contribution in [0, 0.1) is 0 Å². The molecule has 1 aliphatic rings. The van der Waals surface area contributed by atoms with E-state index < -0.39 is 53.8 Å². The SMILES string of the molecule is CNCCC[C@@H](CC(=O)NCCNC)NC(=O)[C@H](CCCNC)NC(=O)[C@@H]1Cc2cccc(c2)-c2ccc(O)c(c2)C[C@H](NC)C(=O)N[C@@H](CCCNC)C(=O)N1. The van der Waals surface area contributed by atoms with Crippen molar-refractivity contribution in [3.63, 3.8) is 0 Å². The number of benzene rings is 2. The first-order valence-electron chi connectivity index (χ1n) is 20.2. The van der Waals surface area contributed by atoms with Crippen LogP contribution >= 0.6 is 0 Å². The van der Waals surface area contributed by atoms with Crippen molar-refractivity contribution in [3.05, 3.63) is 53.6 Å². The quantitative estimate of drug-likeness (QED) is 0.0676. The standard InChI is InChI=1S/C41H66N10O6/c1-42-17-7-12-31(26-37(53)47-21-20-45-4)48-38(54)32(13-8-18-43-2)50-41(57)35-23-27-10-6-11-28(22-27)29-15-16-36(52)30(24-29)25-34(46-5)40(56)49-33(39(55)51-35)14-9-19-44-3/h6,10-11,15-16,22,24,31-35,42-46,52H,7-9,12-14,17-21,23,25-26H2,1-5H3,(H,47,53)(H,48,54)(H,49,56)(H,50,57)(H,51,55)/t31-,32-,33-,34-,35-/m0/s1. The summed E-state index contributed by atoms with van der Waals surface area (Å²) in [6.07, 6.45) is 3.38. The molecule has 0 aromatic heterocycles. The third kappa shape index (κ3) is 16.0. The second-order valence-electron chi connectivity index (χ2n) is 14.6. The Bertz CT molecular complexity index is 1590. The fraction of sp³-hybridized carbons (Fsp3) is 0.585. The number of amides is 5. The van der Waals surface area contributed by atoms with Gasteiger partial charge in [0.2, 0.25) is 29.5 Å². The fourth-order valence-corrected chi connectivity index (χ4v) is 6.79. The van der Waals surface area contributed by atoms with Gasteiger partial charge >= 0.3 is 0 Å². The normalized spacial score (nSPS) is 18.2. The van der Waals surface area contributed by atoms with Crippen LogP contribution < -0.4 is 53.2 Å². The molecule has 0 aliphatic carbocycles. The molecule has 5 atom stereocenters. The lowest BCUT2D eigenvalue weighted by Gasteiger charge is -2.27. The van der Waals surface area contributed by atoms with Crippen LogP contribution in [0.5, 0.6) is 5.75 Å². The molecule has 57 heavy (non-hydrogen) atoms. The number of hydrogen-bond donors (Lipinski definition) is 11. The monoisotopic (exact) mass is 795 g/mol. The first-order chi connectivity index (χ1) is 27.5. The zero-order valence-corrected chi connectivity index (χ0v) is 34.3. The van der Waals surface area contributed by atoms with Crippen LogP contribution in [0.4, 0.5) is 0 Å². The number of hydrogen-bond acceptors (Lipinski definition) is 11. The van der Waals surface area contributed by atoms with Crippen molar-refractivity contribution >= 4 is 29.5 Å². The van der Waals surface area contributed by atoms with Gasteiger partial charge in [-0.25, -0.2) is 0 Å². The van der Waals surface area contributed by atoms with E-state index in [0.717, 1.165) is 23.1 Å². The summed E-state index contributed by atoms with van der Waals surface area (Å²) in [4.78, 5) is 68.9. The van der Waals surface area contributed by atoms with Gasteiger partial charge in [0.05, 0.1) is 6.04 Å². The predicted octanol–water partition coefficient (Wildman–Crippen LogP) is -0.590. The Morgan fingerprint density at radius 3 is 2.14 bits per heavy atom. The van der Waals surface area contributed by atoms with Crippen LogP contribution in [0.15, 0.2) is 42.5 Å². The molecule has 2 aromatic carbocycles. The zero-order valence-electron chi connectivity index (χ0n) is 34.3. The molecule has 0 saturated carbocycles. The Morgan fingerprint density at radius 2 is 1.44 bits per heavy atom. The maximum Gasteiger partial charge on any atom is 0.243 e. The van der Waals surface area contributed by atoms with E-state index >= 15 is 0 Å². The van der Waals surface area contributed by atoms with Gasteiger partial charge in [-0.3, -0.25) is 24.0 Å². The number of carbonyl (C=O) groups is 5. The Balaban J connectivity index is 1.98. The molecule has 16 nitrogen and oxygen atoms in total. The van der Waals surface area contributed by atoms with E-state index in [4.69, 9.17) is 0 Å². The number of nitrogens with one attached hydrogen (secondary N) is 10. The summed E-state index contributed by atoms with van der Waals surface area (Å²) < 4.78 is 0. The van der Waals surface area contributed by atoms with Gasteiger partial charge in [-0.2, -0.15) is 0 Å². The predicted molar refractivity (Wildman–Crippen MR) is 223 cm³/mol. The molecule has 3 rings (SSSR count). The molecule has 316 valence electrons. The molecule has 0 saturated heterocycles. The first kappa shape index (κ1) is 46.8. The summed E-state index contributed by atoms with van der Waals surface area (Å²) >= 11 is 0. The van der Waals surface area contributed by atoms with E-state index in [-0.39, 0.29) is 30.9 Å². The van der Waals surface area contributed by atoms with Crippen molar-refractivity contribution in [3.8, 4) is 16.9 Å². The summed E-state index contributed by atoms with van der Waals surface area (Å²) in [6, 6.07) is 8.55. The van der Waals surface area contributed by atoms with Crippen LogP contribution in [0.25, 0.3) is 11.1 Å². The number of likely N-dealkylation sites (N-methyl/N-ethyl adjacent to an activating group) is 2. The van der Waals surface area contributed by atoms with Crippen molar-refractivity contribution in [2.24, 2.45) is 0 Å². The molecular weight excluding hydrogens is 729 g/mol. The van der Waals surface area contributed by atoms with Crippen LogP contribution in [-0.4, -0.2) is 133 Å². The fourth-order valence-electron chi connectivity index (χ4n) is 6.79. The van der Waals surface area contributed by atoms with Crippen LogP contribution in [0.3, 0.4) is 0 Å². The molecule has 0 fully saturated rings. The number of rotatable bonds is 22. The minimum absolute atomic E-state index is 0.0534. The van der Waals surface area contributed by atoms with Gasteiger partial charge < -0.3 is 58.3 Å². The van der Waals surface area contributed by atoms with Gasteiger partial charge in [-0.05, 0) is 128 Å². The van der Waals surface area contributed by atoms with Crippen LogP contribution in [-0.2, 0) is 36.8 Å². The maximum atomic E-state index is 14.4. The molecule has 1 aliphatic heterocycles. The summed E-state index contributed by atoms with van der Waals surface area (Å²) in [6.45, 7) is 2.98. The summed E-state index contributed by atoms with van der Waals surface area (Å²) in [5.74, 6) is -2.06. The molecule has 16 heteroatoms. The number of phenolic OH excluding ortho intramolecular Hbond substituents is 1. The van der Waals surface area contributed by atoms with Crippen LogP contribution in [0.1, 0.15) is 56.1 Å². The highest BCUT2D eigenvalue weighted by Gasteiger charge is 2.32. The molecule has 4 bridgehead atoms. The highest BCUT2D eigenvalue weighted by molar-refractivity contribution is 5.95. The molecular formula is C41H66N10O6. The highest BCUT2D eigenvalue weighted by Crippen LogP contribution is 2.28. The lowest BCUT2D eigenvalue weighted by Crippen LogP contribution is -2.59. The molecule has 0 spiro atoms. The largest absolute Gasteiger partial charge is 0.508 e. The third-order valence-corrected chi connectivity index (χ3v) is 10.1. The van der Waals surface area contributed by atoms with Gasteiger partial charge in [-0.1, -0.05) is 30.3 Å². The van der Waals surface area contributed by atoms with Crippen molar-refractivity contribution in [1.82, 2.24) is 53.2 Å². The Kier molecular flexibility index (Phi) is 21.0. The topological polar surface area (TPSA) is 226 Å². The zero-order chi connectivity index (χ0) is 41.6. The molecule has 1 heterocycles.